The molecule has 1 heterocycles. The van der Waals surface area contributed by atoms with Gasteiger partial charge >= 0.3 is 0 Å². The third kappa shape index (κ3) is 2.19. The van der Waals surface area contributed by atoms with Gasteiger partial charge in [0.1, 0.15) is 0 Å². The zero-order valence-electron chi connectivity index (χ0n) is 6.06. The lowest BCUT2D eigenvalue weighted by atomic mass is 10.1. The molecule has 0 aromatic rings. The Balaban J connectivity index is 2.23. The van der Waals surface area contributed by atoms with Crippen molar-refractivity contribution in [3.05, 3.63) is 12.2 Å². The van der Waals surface area contributed by atoms with Crippen LogP contribution in [-0.4, -0.2) is 12.6 Å². The van der Waals surface area contributed by atoms with Crippen LogP contribution in [-0.2, 0) is 0 Å². The maximum atomic E-state index is 3.43. The Morgan fingerprint density at radius 1 is 1.44 bits per heavy atom. The summed E-state index contributed by atoms with van der Waals surface area (Å²) in [7, 11) is 0. The van der Waals surface area contributed by atoms with E-state index < -0.39 is 0 Å². The summed E-state index contributed by atoms with van der Waals surface area (Å²) in [6.07, 6.45) is 8.45. The van der Waals surface area contributed by atoms with Gasteiger partial charge in [-0.15, -0.1) is 0 Å². The third-order valence-electron chi connectivity index (χ3n) is 1.77. The molecule has 0 spiro atoms. The van der Waals surface area contributed by atoms with Crippen molar-refractivity contribution in [2.75, 3.05) is 6.54 Å². The third-order valence-corrected chi connectivity index (χ3v) is 1.77. The molecule has 1 nitrogen and oxygen atoms in total. The van der Waals surface area contributed by atoms with Crippen LogP contribution in [0.1, 0.15) is 26.2 Å². The van der Waals surface area contributed by atoms with Gasteiger partial charge in [-0.05, 0) is 26.3 Å². The zero-order chi connectivity index (χ0) is 6.53. The second kappa shape index (κ2) is 3.67. The smallest absolute Gasteiger partial charge is 0.0249 e. The normalized spacial score (nSPS) is 29.2. The van der Waals surface area contributed by atoms with Crippen LogP contribution in [0.2, 0.25) is 0 Å². The van der Waals surface area contributed by atoms with E-state index in [1.807, 2.05) is 0 Å². The van der Waals surface area contributed by atoms with Gasteiger partial charge in [-0.25, -0.2) is 0 Å². The average molecular weight is 125 g/mol. The van der Waals surface area contributed by atoms with Gasteiger partial charge in [0.25, 0.3) is 0 Å². The number of rotatable bonds is 1. The van der Waals surface area contributed by atoms with Gasteiger partial charge in [-0.3, -0.25) is 0 Å². The maximum absolute atomic E-state index is 3.43. The van der Waals surface area contributed by atoms with Crippen LogP contribution >= 0.6 is 0 Å². The number of hydrogen-bond donors (Lipinski definition) is 1. The van der Waals surface area contributed by atoms with E-state index in [2.05, 4.69) is 24.4 Å². The van der Waals surface area contributed by atoms with E-state index in [0.29, 0.717) is 6.04 Å². The summed E-state index contributed by atoms with van der Waals surface area (Å²) >= 11 is 0. The Kier molecular flexibility index (Phi) is 2.78. The zero-order valence-corrected chi connectivity index (χ0v) is 6.06. The second-order valence-corrected chi connectivity index (χ2v) is 2.58. The molecule has 0 bridgehead atoms. The van der Waals surface area contributed by atoms with Crippen molar-refractivity contribution in [1.82, 2.24) is 5.32 Å². The topological polar surface area (TPSA) is 12.0 Å². The predicted octanol–water partition coefficient (Wildman–Crippen LogP) is 1.70. The molecule has 1 atom stereocenters. The van der Waals surface area contributed by atoms with Crippen molar-refractivity contribution in [2.24, 2.45) is 0 Å². The molecule has 1 fully saturated rings. The molecule has 1 rings (SSSR count). The van der Waals surface area contributed by atoms with Crippen LogP contribution in [0.25, 0.3) is 0 Å². The fraction of sp³-hybridized carbons (Fsp3) is 0.750. The van der Waals surface area contributed by atoms with E-state index in [0.717, 1.165) is 0 Å². The summed E-state index contributed by atoms with van der Waals surface area (Å²) in [6.45, 7) is 3.28. The Hall–Kier alpha value is -0.300. The Bertz CT molecular complexity index is 90.7. The first-order valence-corrected chi connectivity index (χ1v) is 3.79. The molecule has 0 aliphatic carbocycles. The molecule has 1 saturated heterocycles. The molecule has 0 aromatic carbocycles. The predicted molar refractivity (Wildman–Crippen MR) is 40.5 cm³/mol. The molecule has 52 valence electrons. The van der Waals surface area contributed by atoms with E-state index >= 15 is 0 Å². The number of allylic oxidation sites excluding steroid dienone is 1. The standard InChI is InChI=1S/C8H15N/c1-2-5-8-6-3-4-7-9-8/h2,5,8-9H,3-4,6-7H2,1H3/b5-2+/t8-/m0/s1. The molecule has 1 heteroatoms. The quantitative estimate of drug-likeness (QED) is 0.526. The van der Waals surface area contributed by atoms with Crippen molar-refractivity contribution in [3.8, 4) is 0 Å². The van der Waals surface area contributed by atoms with Gasteiger partial charge in [0.05, 0.1) is 0 Å². The lowest BCUT2D eigenvalue weighted by molar-refractivity contribution is 0.454. The van der Waals surface area contributed by atoms with E-state index in [9.17, 15) is 0 Å². The highest BCUT2D eigenvalue weighted by Gasteiger charge is 2.06. The van der Waals surface area contributed by atoms with E-state index in [1.54, 1.807) is 0 Å². The van der Waals surface area contributed by atoms with Crippen molar-refractivity contribution >= 4 is 0 Å². The van der Waals surface area contributed by atoms with Gasteiger partial charge in [0.2, 0.25) is 0 Å². The van der Waals surface area contributed by atoms with Gasteiger partial charge < -0.3 is 5.32 Å². The van der Waals surface area contributed by atoms with E-state index in [1.165, 1.54) is 25.8 Å². The average Bonchev–Trinajstić information content (AvgIpc) is 1.91. The Labute approximate surface area is 57.1 Å². The first kappa shape index (κ1) is 6.81. The second-order valence-electron chi connectivity index (χ2n) is 2.58. The molecule has 1 N–H and O–H groups in total. The van der Waals surface area contributed by atoms with Gasteiger partial charge in [-0.2, -0.15) is 0 Å². The Morgan fingerprint density at radius 3 is 2.89 bits per heavy atom. The monoisotopic (exact) mass is 125 g/mol. The minimum absolute atomic E-state index is 0.670. The molecule has 0 saturated carbocycles. The minimum Gasteiger partial charge on any atom is -0.311 e. The van der Waals surface area contributed by atoms with Gasteiger partial charge in [0.15, 0.2) is 0 Å². The molecule has 1 aliphatic rings. The fourth-order valence-electron chi connectivity index (χ4n) is 1.28. The molecule has 0 amide bonds. The van der Waals surface area contributed by atoms with Gasteiger partial charge in [-0.1, -0.05) is 18.6 Å². The van der Waals surface area contributed by atoms with E-state index in [-0.39, 0.29) is 0 Å². The highest BCUT2D eigenvalue weighted by Crippen LogP contribution is 2.07. The van der Waals surface area contributed by atoms with Crippen molar-refractivity contribution < 1.29 is 0 Å². The van der Waals surface area contributed by atoms with E-state index in [4.69, 9.17) is 0 Å². The SMILES string of the molecule is C/C=C/[C@H]1CCCCN1. The van der Waals surface area contributed by atoms with Gasteiger partial charge in [0, 0.05) is 6.04 Å². The Morgan fingerprint density at radius 2 is 2.33 bits per heavy atom. The largest absolute Gasteiger partial charge is 0.311 e. The molecular weight excluding hydrogens is 110 g/mol. The molecule has 0 unspecified atom stereocenters. The summed E-state index contributed by atoms with van der Waals surface area (Å²) in [4.78, 5) is 0. The molecule has 1 aliphatic heterocycles. The van der Waals surface area contributed by atoms with Crippen LogP contribution in [0.4, 0.5) is 0 Å². The van der Waals surface area contributed by atoms with Crippen LogP contribution in [0.15, 0.2) is 12.2 Å². The summed E-state index contributed by atoms with van der Waals surface area (Å²) in [5.74, 6) is 0. The fourth-order valence-corrected chi connectivity index (χ4v) is 1.28. The van der Waals surface area contributed by atoms with Crippen molar-refractivity contribution in [1.29, 1.82) is 0 Å². The molecule has 0 radical (unpaired) electrons. The molecule has 9 heavy (non-hydrogen) atoms. The van der Waals surface area contributed by atoms with Crippen LogP contribution in [0, 0.1) is 0 Å². The maximum Gasteiger partial charge on any atom is 0.0249 e. The van der Waals surface area contributed by atoms with Crippen LogP contribution in [0.5, 0.6) is 0 Å². The van der Waals surface area contributed by atoms with Crippen molar-refractivity contribution in [2.45, 2.75) is 32.2 Å². The summed E-state index contributed by atoms with van der Waals surface area (Å²) in [5.41, 5.74) is 0. The number of piperidine rings is 1. The van der Waals surface area contributed by atoms with Crippen molar-refractivity contribution in [3.63, 3.8) is 0 Å². The lowest BCUT2D eigenvalue weighted by Crippen LogP contribution is -2.31. The summed E-state index contributed by atoms with van der Waals surface area (Å²) < 4.78 is 0. The number of hydrogen-bond acceptors (Lipinski definition) is 1. The highest BCUT2D eigenvalue weighted by atomic mass is 14.9. The summed E-state index contributed by atoms with van der Waals surface area (Å²) in [5, 5.41) is 3.43. The molecule has 0 aromatic heterocycles. The summed E-state index contributed by atoms with van der Waals surface area (Å²) in [6, 6.07) is 0.670. The van der Waals surface area contributed by atoms with Crippen LogP contribution < -0.4 is 5.32 Å². The molecular formula is C8H15N. The lowest BCUT2D eigenvalue weighted by Gasteiger charge is -2.19. The minimum atomic E-state index is 0.670. The van der Waals surface area contributed by atoms with Crippen LogP contribution in [0.3, 0.4) is 0 Å². The first-order chi connectivity index (χ1) is 4.43. The number of nitrogens with one attached hydrogen (secondary N) is 1. The highest BCUT2D eigenvalue weighted by molar-refractivity contribution is 4.92. The first-order valence-electron chi connectivity index (χ1n) is 3.79.